The molecular weight excluding hydrogens is 100 g/mol. The fraction of sp³-hybridized carbons (Fsp3) is 0.571. The number of hydrogen-bond donors (Lipinski definition) is 0. The lowest BCUT2D eigenvalue weighted by atomic mass is 10.1. The summed E-state index contributed by atoms with van der Waals surface area (Å²) in [5.74, 6) is 0.542. The van der Waals surface area contributed by atoms with Gasteiger partial charge >= 0.3 is 0 Å². The van der Waals surface area contributed by atoms with Gasteiger partial charge in [0, 0.05) is 0 Å². The van der Waals surface area contributed by atoms with Crippen molar-refractivity contribution >= 4 is 6.29 Å². The van der Waals surface area contributed by atoms with Crippen molar-refractivity contribution in [2.75, 3.05) is 0 Å². The molecule has 0 amide bonds. The molecule has 0 heterocycles. The van der Waals surface area contributed by atoms with E-state index in [0.717, 1.165) is 12.7 Å². The lowest BCUT2D eigenvalue weighted by molar-refractivity contribution is -0.104. The van der Waals surface area contributed by atoms with Crippen LogP contribution in [0.3, 0.4) is 0 Å². The highest BCUT2D eigenvalue weighted by molar-refractivity contribution is 5.64. The summed E-state index contributed by atoms with van der Waals surface area (Å²) in [6, 6.07) is 0. The quantitative estimate of drug-likeness (QED) is 0.402. The number of allylic oxidation sites excluding steroid dienone is 2. The van der Waals surface area contributed by atoms with Crippen molar-refractivity contribution in [2.24, 2.45) is 5.92 Å². The van der Waals surface area contributed by atoms with E-state index in [4.69, 9.17) is 0 Å². The van der Waals surface area contributed by atoms with Gasteiger partial charge in [-0.2, -0.15) is 0 Å². The normalized spacial score (nSPS) is 14.2. The van der Waals surface area contributed by atoms with Crippen LogP contribution in [0.4, 0.5) is 0 Å². The van der Waals surface area contributed by atoms with Crippen molar-refractivity contribution in [1.29, 1.82) is 0 Å². The van der Waals surface area contributed by atoms with Gasteiger partial charge in [0.05, 0.1) is 0 Å². The Morgan fingerprint density at radius 3 is 2.62 bits per heavy atom. The third-order valence-corrected chi connectivity index (χ3v) is 1.16. The van der Waals surface area contributed by atoms with Crippen LogP contribution in [0.2, 0.25) is 0 Å². The molecule has 0 aliphatic heterocycles. The van der Waals surface area contributed by atoms with E-state index in [0.29, 0.717) is 5.92 Å². The Bertz CT molecular complexity index is 84.4. The minimum atomic E-state index is 0.542. The topological polar surface area (TPSA) is 17.1 Å². The molecule has 0 N–H and O–H groups in total. The standard InChI is InChI=1S/C7H12O/c1-3-7(2)5-4-6-8/h4-7H,3H2,1-2H3. The third-order valence-electron chi connectivity index (χ3n) is 1.16. The molecule has 0 bridgehead atoms. The summed E-state index contributed by atoms with van der Waals surface area (Å²) in [6.07, 6.45) is 5.37. The van der Waals surface area contributed by atoms with Crippen LogP contribution < -0.4 is 0 Å². The lowest BCUT2D eigenvalue weighted by Gasteiger charge is -1.95. The molecule has 46 valence electrons. The van der Waals surface area contributed by atoms with Gasteiger partial charge in [0.25, 0.3) is 0 Å². The van der Waals surface area contributed by atoms with Gasteiger partial charge in [-0.05, 0) is 12.0 Å². The van der Waals surface area contributed by atoms with Crippen molar-refractivity contribution in [2.45, 2.75) is 20.3 Å². The van der Waals surface area contributed by atoms with Crippen molar-refractivity contribution in [3.8, 4) is 0 Å². The van der Waals surface area contributed by atoms with Gasteiger partial charge in [-0.1, -0.05) is 26.3 Å². The largest absolute Gasteiger partial charge is 0.299 e. The van der Waals surface area contributed by atoms with Gasteiger partial charge in [-0.3, -0.25) is 4.79 Å². The van der Waals surface area contributed by atoms with Crippen molar-refractivity contribution in [3.63, 3.8) is 0 Å². The van der Waals surface area contributed by atoms with Crippen LogP contribution in [0, 0.1) is 5.92 Å². The highest BCUT2D eigenvalue weighted by atomic mass is 16.1. The SMILES string of the molecule is CCC(C)C=CC=O. The zero-order valence-corrected chi connectivity index (χ0v) is 5.42. The second-order valence-corrected chi connectivity index (χ2v) is 1.91. The Balaban J connectivity index is 3.35. The van der Waals surface area contributed by atoms with Crippen LogP contribution in [-0.4, -0.2) is 6.29 Å². The van der Waals surface area contributed by atoms with E-state index in [1.165, 1.54) is 0 Å². The minimum Gasteiger partial charge on any atom is -0.299 e. The van der Waals surface area contributed by atoms with E-state index in [1.54, 1.807) is 6.08 Å². The van der Waals surface area contributed by atoms with E-state index < -0.39 is 0 Å². The maximum absolute atomic E-state index is 9.74. The number of hydrogen-bond acceptors (Lipinski definition) is 1. The van der Waals surface area contributed by atoms with Crippen molar-refractivity contribution in [1.82, 2.24) is 0 Å². The smallest absolute Gasteiger partial charge is 0.142 e. The molecule has 0 aromatic carbocycles. The van der Waals surface area contributed by atoms with Crippen LogP contribution in [0.25, 0.3) is 0 Å². The van der Waals surface area contributed by atoms with Crippen molar-refractivity contribution in [3.05, 3.63) is 12.2 Å². The molecule has 1 unspecified atom stereocenters. The second kappa shape index (κ2) is 4.57. The Kier molecular flexibility index (Phi) is 4.23. The monoisotopic (exact) mass is 112 g/mol. The van der Waals surface area contributed by atoms with Crippen LogP contribution in [0.1, 0.15) is 20.3 Å². The predicted octanol–water partition coefficient (Wildman–Crippen LogP) is 1.79. The molecule has 1 heteroatoms. The molecule has 0 aliphatic rings. The van der Waals surface area contributed by atoms with Crippen LogP contribution in [-0.2, 0) is 4.79 Å². The third kappa shape index (κ3) is 3.59. The van der Waals surface area contributed by atoms with Gasteiger partial charge in [0.1, 0.15) is 6.29 Å². The average molecular weight is 112 g/mol. The Labute approximate surface area is 50.4 Å². The zero-order valence-electron chi connectivity index (χ0n) is 5.42. The first-order valence-electron chi connectivity index (χ1n) is 2.93. The molecule has 0 aliphatic carbocycles. The Morgan fingerprint density at radius 2 is 2.25 bits per heavy atom. The fourth-order valence-electron chi connectivity index (χ4n) is 0.371. The molecule has 0 saturated heterocycles. The number of aldehydes is 1. The Hall–Kier alpha value is -0.590. The van der Waals surface area contributed by atoms with Gasteiger partial charge in [-0.15, -0.1) is 0 Å². The summed E-state index contributed by atoms with van der Waals surface area (Å²) in [4.78, 5) is 9.74. The molecule has 0 aromatic heterocycles. The first kappa shape index (κ1) is 7.41. The number of carbonyl (C=O) groups excluding carboxylic acids is 1. The lowest BCUT2D eigenvalue weighted by Crippen LogP contribution is -1.83. The van der Waals surface area contributed by atoms with E-state index in [-0.39, 0.29) is 0 Å². The van der Waals surface area contributed by atoms with Gasteiger partial charge < -0.3 is 0 Å². The average Bonchev–Trinajstić information content (AvgIpc) is 1.83. The van der Waals surface area contributed by atoms with Gasteiger partial charge in [0.15, 0.2) is 0 Å². The zero-order chi connectivity index (χ0) is 6.41. The maximum Gasteiger partial charge on any atom is 0.142 e. The van der Waals surface area contributed by atoms with Crippen molar-refractivity contribution < 1.29 is 4.79 Å². The van der Waals surface area contributed by atoms with E-state index in [9.17, 15) is 4.79 Å². The molecular formula is C7H12O. The van der Waals surface area contributed by atoms with Gasteiger partial charge in [0.2, 0.25) is 0 Å². The first-order valence-corrected chi connectivity index (χ1v) is 2.93. The Morgan fingerprint density at radius 1 is 1.62 bits per heavy atom. The van der Waals surface area contributed by atoms with E-state index >= 15 is 0 Å². The molecule has 0 rings (SSSR count). The second-order valence-electron chi connectivity index (χ2n) is 1.91. The molecule has 0 saturated carbocycles. The van der Waals surface area contributed by atoms with Gasteiger partial charge in [-0.25, -0.2) is 0 Å². The first-order chi connectivity index (χ1) is 3.81. The maximum atomic E-state index is 9.74. The van der Waals surface area contributed by atoms with Crippen LogP contribution in [0.15, 0.2) is 12.2 Å². The van der Waals surface area contributed by atoms with E-state index in [1.807, 2.05) is 6.08 Å². The molecule has 0 radical (unpaired) electrons. The van der Waals surface area contributed by atoms with E-state index in [2.05, 4.69) is 13.8 Å². The fourth-order valence-corrected chi connectivity index (χ4v) is 0.371. The minimum absolute atomic E-state index is 0.542. The molecule has 0 aromatic rings. The molecule has 0 fully saturated rings. The molecule has 1 nitrogen and oxygen atoms in total. The molecule has 1 atom stereocenters. The summed E-state index contributed by atoms with van der Waals surface area (Å²) in [5, 5.41) is 0. The number of rotatable bonds is 3. The summed E-state index contributed by atoms with van der Waals surface area (Å²) >= 11 is 0. The highest BCUT2D eigenvalue weighted by Crippen LogP contribution is 1.99. The highest BCUT2D eigenvalue weighted by Gasteiger charge is 1.87. The summed E-state index contributed by atoms with van der Waals surface area (Å²) in [6.45, 7) is 4.18. The summed E-state index contributed by atoms with van der Waals surface area (Å²) in [7, 11) is 0. The summed E-state index contributed by atoms with van der Waals surface area (Å²) in [5.41, 5.74) is 0. The molecule has 0 spiro atoms. The predicted molar refractivity (Wildman–Crippen MR) is 34.7 cm³/mol. The van der Waals surface area contributed by atoms with Crippen LogP contribution >= 0.6 is 0 Å². The molecule has 8 heavy (non-hydrogen) atoms. The summed E-state index contributed by atoms with van der Waals surface area (Å²) < 4.78 is 0. The van der Waals surface area contributed by atoms with Crippen LogP contribution in [0.5, 0.6) is 0 Å². The number of carbonyl (C=O) groups is 1.